The van der Waals surface area contributed by atoms with E-state index in [1.54, 1.807) is 6.07 Å². The number of carbonyl (C=O) groups is 1. The van der Waals surface area contributed by atoms with Crippen LogP contribution in [0.3, 0.4) is 0 Å². The third kappa shape index (κ3) is 4.18. The maximum absolute atomic E-state index is 13.0. The number of aryl methyl sites for hydroxylation is 1. The zero-order valence-corrected chi connectivity index (χ0v) is 17.6. The molecule has 4 heteroatoms. The van der Waals surface area contributed by atoms with Crippen molar-refractivity contribution in [3.63, 3.8) is 0 Å². The lowest BCUT2D eigenvalue weighted by atomic mass is 9.91. The number of hydrogen-bond acceptors (Lipinski definition) is 4. The Labute approximate surface area is 173 Å². The number of carbonyl (C=O) groups excluding carboxylic acids is 1. The highest BCUT2D eigenvalue weighted by Crippen LogP contribution is 2.37. The van der Waals surface area contributed by atoms with Crippen LogP contribution < -0.4 is 0 Å². The Hall–Kier alpha value is -2.33. The summed E-state index contributed by atoms with van der Waals surface area (Å²) in [5, 5.41) is 10.5. The van der Waals surface area contributed by atoms with Crippen molar-refractivity contribution in [2.45, 2.75) is 70.1 Å². The Morgan fingerprint density at radius 2 is 1.79 bits per heavy atom. The number of ether oxygens (including phenoxy) is 1. The first-order chi connectivity index (χ1) is 13.9. The van der Waals surface area contributed by atoms with Gasteiger partial charge in [-0.2, -0.15) is 0 Å². The summed E-state index contributed by atoms with van der Waals surface area (Å²) < 4.78 is 5.95. The molecule has 0 saturated carbocycles. The number of phenols is 1. The van der Waals surface area contributed by atoms with Crippen LogP contribution in [0.5, 0.6) is 5.75 Å². The van der Waals surface area contributed by atoms with Gasteiger partial charge in [-0.1, -0.05) is 42.0 Å². The summed E-state index contributed by atoms with van der Waals surface area (Å²) in [6, 6.07) is 14.8. The van der Waals surface area contributed by atoms with Crippen molar-refractivity contribution in [3.05, 3.63) is 64.7 Å². The van der Waals surface area contributed by atoms with Crippen LogP contribution in [-0.4, -0.2) is 41.2 Å². The SMILES string of the molecule is Cc1ccc(Cc2c(O)cccc2C(C)C(=O)OC2CC3CCC(C2)N3C)cc1. The Balaban J connectivity index is 1.49. The normalized spacial score (nSPS) is 25.0. The largest absolute Gasteiger partial charge is 0.508 e. The molecule has 2 fully saturated rings. The first-order valence-electron chi connectivity index (χ1n) is 10.7. The number of piperidine rings is 1. The van der Waals surface area contributed by atoms with Gasteiger partial charge >= 0.3 is 5.97 Å². The predicted molar refractivity (Wildman–Crippen MR) is 114 cm³/mol. The molecule has 2 aliphatic rings. The van der Waals surface area contributed by atoms with E-state index in [4.69, 9.17) is 4.74 Å². The van der Waals surface area contributed by atoms with Crippen LogP contribution in [-0.2, 0) is 16.0 Å². The fraction of sp³-hybridized carbons (Fsp3) is 0.480. The number of esters is 1. The Morgan fingerprint density at radius 1 is 1.14 bits per heavy atom. The molecular weight excluding hydrogens is 362 g/mol. The molecule has 2 saturated heterocycles. The smallest absolute Gasteiger partial charge is 0.313 e. The predicted octanol–water partition coefficient (Wildman–Crippen LogP) is 4.56. The zero-order chi connectivity index (χ0) is 20.5. The monoisotopic (exact) mass is 393 g/mol. The molecule has 4 nitrogen and oxygen atoms in total. The van der Waals surface area contributed by atoms with E-state index in [1.807, 2.05) is 19.1 Å². The molecule has 0 aliphatic carbocycles. The number of nitrogens with zero attached hydrogens (tertiary/aromatic N) is 1. The summed E-state index contributed by atoms with van der Waals surface area (Å²) in [5.74, 6) is -0.352. The van der Waals surface area contributed by atoms with Crippen molar-refractivity contribution >= 4 is 5.97 Å². The van der Waals surface area contributed by atoms with Crippen molar-refractivity contribution in [3.8, 4) is 5.75 Å². The molecular formula is C25H31NO3. The molecule has 0 radical (unpaired) electrons. The minimum absolute atomic E-state index is 0.0107. The number of phenolic OH excluding ortho intramolecular Hbond substituents is 1. The molecule has 0 amide bonds. The molecule has 2 aromatic carbocycles. The van der Waals surface area contributed by atoms with Crippen molar-refractivity contribution in [1.29, 1.82) is 0 Å². The molecule has 3 atom stereocenters. The van der Waals surface area contributed by atoms with E-state index in [9.17, 15) is 9.90 Å². The van der Waals surface area contributed by atoms with Gasteiger partial charge in [0.2, 0.25) is 0 Å². The fourth-order valence-corrected chi connectivity index (χ4v) is 4.95. The van der Waals surface area contributed by atoms with Gasteiger partial charge in [-0.25, -0.2) is 0 Å². The van der Waals surface area contributed by atoms with E-state index in [-0.39, 0.29) is 17.8 Å². The van der Waals surface area contributed by atoms with Gasteiger partial charge in [-0.15, -0.1) is 0 Å². The molecule has 0 aromatic heterocycles. The molecule has 2 aliphatic heterocycles. The average molecular weight is 394 g/mol. The second-order valence-corrected chi connectivity index (χ2v) is 8.81. The Morgan fingerprint density at radius 3 is 2.45 bits per heavy atom. The third-order valence-electron chi connectivity index (χ3n) is 6.85. The molecule has 1 N–H and O–H groups in total. The van der Waals surface area contributed by atoms with Crippen molar-refractivity contribution in [2.24, 2.45) is 0 Å². The van der Waals surface area contributed by atoms with Crippen LogP contribution in [0.25, 0.3) is 0 Å². The molecule has 2 heterocycles. The molecule has 2 bridgehead atoms. The second kappa shape index (κ2) is 8.19. The summed E-state index contributed by atoms with van der Waals surface area (Å²) in [6.45, 7) is 3.95. The lowest BCUT2D eigenvalue weighted by molar-refractivity contribution is -0.153. The van der Waals surface area contributed by atoms with Gasteiger partial charge in [0, 0.05) is 24.1 Å². The standard InChI is InChI=1S/C25H31NO3/c1-16-7-9-18(10-8-16)13-23-22(5-4-6-24(23)27)17(2)25(28)29-21-14-19-11-12-20(15-21)26(19)3/h4-10,17,19-21,27H,11-15H2,1-3H3. The topological polar surface area (TPSA) is 49.8 Å². The number of rotatable bonds is 5. The van der Waals surface area contributed by atoms with Gasteiger partial charge in [0.1, 0.15) is 11.9 Å². The van der Waals surface area contributed by atoms with Gasteiger partial charge in [-0.05, 0) is 63.8 Å². The van der Waals surface area contributed by atoms with E-state index in [0.29, 0.717) is 18.5 Å². The van der Waals surface area contributed by atoms with Crippen LogP contribution in [0.1, 0.15) is 60.8 Å². The maximum atomic E-state index is 13.0. The fourth-order valence-electron chi connectivity index (χ4n) is 4.95. The molecule has 3 unspecified atom stereocenters. The van der Waals surface area contributed by atoms with Crippen LogP contribution in [0.15, 0.2) is 42.5 Å². The van der Waals surface area contributed by atoms with E-state index < -0.39 is 5.92 Å². The van der Waals surface area contributed by atoms with E-state index in [2.05, 4.69) is 43.1 Å². The molecule has 4 rings (SSSR count). The third-order valence-corrected chi connectivity index (χ3v) is 6.85. The minimum atomic E-state index is -0.403. The van der Waals surface area contributed by atoms with Crippen LogP contribution in [0.2, 0.25) is 0 Å². The Kier molecular flexibility index (Phi) is 5.64. The molecule has 154 valence electrons. The van der Waals surface area contributed by atoms with Crippen LogP contribution in [0.4, 0.5) is 0 Å². The number of hydrogen-bond donors (Lipinski definition) is 1. The van der Waals surface area contributed by atoms with Crippen LogP contribution in [0, 0.1) is 6.92 Å². The highest BCUT2D eigenvalue weighted by atomic mass is 16.5. The van der Waals surface area contributed by atoms with Crippen molar-refractivity contribution in [1.82, 2.24) is 4.90 Å². The van der Waals surface area contributed by atoms with E-state index in [1.165, 1.54) is 18.4 Å². The number of aromatic hydroxyl groups is 1. The van der Waals surface area contributed by atoms with Gasteiger partial charge in [0.05, 0.1) is 5.92 Å². The highest BCUT2D eigenvalue weighted by molar-refractivity contribution is 5.79. The number of fused-ring (bicyclic) bond motifs is 2. The first-order valence-corrected chi connectivity index (χ1v) is 10.7. The molecule has 2 aromatic rings. The highest BCUT2D eigenvalue weighted by Gasteiger charge is 2.40. The molecule has 29 heavy (non-hydrogen) atoms. The summed E-state index contributed by atoms with van der Waals surface area (Å²) in [5.41, 5.74) is 3.98. The summed E-state index contributed by atoms with van der Waals surface area (Å²) in [4.78, 5) is 15.4. The van der Waals surface area contributed by atoms with E-state index >= 15 is 0 Å². The first kappa shape index (κ1) is 20.0. The second-order valence-electron chi connectivity index (χ2n) is 8.81. The average Bonchev–Trinajstić information content (AvgIpc) is 2.91. The quantitative estimate of drug-likeness (QED) is 0.757. The summed E-state index contributed by atoms with van der Waals surface area (Å²) in [7, 11) is 2.19. The van der Waals surface area contributed by atoms with Crippen molar-refractivity contribution in [2.75, 3.05) is 7.05 Å². The minimum Gasteiger partial charge on any atom is -0.508 e. The Bertz CT molecular complexity index is 862. The van der Waals surface area contributed by atoms with Gasteiger partial charge in [0.25, 0.3) is 0 Å². The van der Waals surface area contributed by atoms with E-state index in [0.717, 1.165) is 29.5 Å². The number of benzene rings is 2. The van der Waals surface area contributed by atoms with Gasteiger partial charge < -0.3 is 14.7 Å². The maximum Gasteiger partial charge on any atom is 0.313 e. The summed E-state index contributed by atoms with van der Waals surface area (Å²) >= 11 is 0. The summed E-state index contributed by atoms with van der Waals surface area (Å²) in [6.07, 6.45) is 4.88. The lowest BCUT2D eigenvalue weighted by Crippen LogP contribution is -2.43. The lowest BCUT2D eigenvalue weighted by Gasteiger charge is -2.36. The van der Waals surface area contributed by atoms with Gasteiger partial charge in [-0.3, -0.25) is 4.79 Å². The van der Waals surface area contributed by atoms with Gasteiger partial charge in [0.15, 0.2) is 0 Å². The van der Waals surface area contributed by atoms with Crippen LogP contribution >= 0.6 is 0 Å². The van der Waals surface area contributed by atoms with Crippen molar-refractivity contribution < 1.29 is 14.6 Å². The zero-order valence-electron chi connectivity index (χ0n) is 17.6. The molecule has 0 spiro atoms.